The van der Waals surface area contributed by atoms with Crippen LogP contribution in [0.1, 0.15) is 25.3 Å². The molecule has 0 aliphatic heterocycles. The summed E-state index contributed by atoms with van der Waals surface area (Å²) in [7, 11) is 1.86. The minimum absolute atomic E-state index is 0.238. The summed E-state index contributed by atoms with van der Waals surface area (Å²) in [6, 6.07) is 6.83. The molecule has 1 N–H and O–H groups in total. The molecular weight excluding hydrogens is 271 g/mol. The highest BCUT2D eigenvalue weighted by atomic mass is 19.1. The lowest BCUT2D eigenvalue weighted by atomic mass is 10.2. The Labute approximate surface area is 124 Å². The molecule has 0 aliphatic carbocycles. The van der Waals surface area contributed by atoms with Crippen LogP contribution in [0.15, 0.2) is 28.7 Å². The molecule has 21 heavy (non-hydrogen) atoms. The van der Waals surface area contributed by atoms with Gasteiger partial charge >= 0.3 is 6.01 Å². The van der Waals surface area contributed by atoms with Crippen molar-refractivity contribution in [2.75, 3.05) is 18.5 Å². The lowest BCUT2D eigenvalue weighted by Gasteiger charge is -2.13. The SMILES string of the molecule is CC(C)CNCc1nnc(N(C)Cc2ccc(F)cc2)o1. The van der Waals surface area contributed by atoms with Crippen molar-refractivity contribution in [1.29, 1.82) is 0 Å². The summed E-state index contributed by atoms with van der Waals surface area (Å²) in [6.07, 6.45) is 0. The molecule has 0 amide bonds. The summed E-state index contributed by atoms with van der Waals surface area (Å²) in [5, 5.41) is 11.3. The zero-order valence-electron chi connectivity index (χ0n) is 12.6. The van der Waals surface area contributed by atoms with E-state index >= 15 is 0 Å². The summed E-state index contributed by atoms with van der Waals surface area (Å²) >= 11 is 0. The average Bonchev–Trinajstić information content (AvgIpc) is 2.90. The third-order valence-corrected chi connectivity index (χ3v) is 2.94. The van der Waals surface area contributed by atoms with Crippen LogP contribution in [0, 0.1) is 11.7 Å². The zero-order valence-corrected chi connectivity index (χ0v) is 12.6. The Balaban J connectivity index is 1.89. The first-order valence-electron chi connectivity index (χ1n) is 7.03. The highest BCUT2D eigenvalue weighted by Gasteiger charge is 2.11. The Hall–Kier alpha value is -1.95. The van der Waals surface area contributed by atoms with Crippen molar-refractivity contribution in [1.82, 2.24) is 15.5 Å². The van der Waals surface area contributed by atoms with E-state index in [0.717, 1.165) is 12.1 Å². The molecule has 0 aliphatic rings. The lowest BCUT2D eigenvalue weighted by Crippen LogP contribution is -2.19. The molecule has 0 saturated carbocycles. The van der Waals surface area contributed by atoms with Crippen molar-refractivity contribution in [3.05, 3.63) is 41.5 Å². The van der Waals surface area contributed by atoms with E-state index in [1.165, 1.54) is 12.1 Å². The van der Waals surface area contributed by atoms with Crippen LogP contribution in [-0.4, -0.2) is 23.8 Å². The Morgan fingerprint density at radius 3 is 2.62 bits per heavy atom. The van der Waals surface area contributed by atoms with Crippen LogP contribution in [0.4, 0.5) is 10.4 Å². The molecule has 114 valence electrons. The summed E-state index contributed by atoms with van der Waals surface area (Å²) < 4.78 is 18.5. The summed E-state index contributed by atoms with van der Waals surface area (Å²) in [6.45, 7) is 6.34. The number of hydrogen-bond acceptors (Lipinski definition) is 5. The standard InChI is InChI=1S/C15H21FN4O/c1-11(2)8-17-9-14-18-19-15(21-14)20(3)10-12-4-6-13(16)7-5-12/h4-7,11,17H,8-10H2,1-3H3. The molecule has 0 fully saturated rings. The molecule has 0 radical (unpaired) electrons. The minimum atomic E-state index is -0.238. The molecule has 1 aromatic heterocycles. The van der Waals surface area contributed by atoms with Gasteiger partial charge in [0.1, 0.15) is 5.82 Å². The van der Waals surface area contributed by atoms with Gasteiger partial charge in [-0.3, -0.25) is 0 Å². The fourth-order valence-corrected chi connectivity index (χ4v) is 1.87. The second-order valence-electron chi connectivity index (χ2n) is 5.49. The largest absolute Gasteiger partial charge is 0.407 e. The van der Waals surface area contributed by atoms with Gasteiger partial charge in [0, 0.05) is 13.6 Å². The molecule has 0 bridgehead atoms. The first-order valence-corrected chi connectivity index (χ1v) is 7.03. The number of halogens is 1. The number of aromatic nitrogens is 2. The Kier molecular flexibility index (Phi) is 5.27. The fraction of sp³-hybridized carbons (Fsp3) is 0.467. The summed E-state index contributed by atoms with van der Waals surface area (Å²) in [5.74, 6) is 0.905. The minimum Gasteiger partial charge on any atom is -0.407 e. The van der Waals surface area contributed by atoms with E-state index in [1.54, 1.807) is 12.1 Å². The van der Waals surface area contributed by atoms with Crippen LogP contribution in [-0.2, 0) is 13.1 Å². The molecule has 2 aromatic rings. The number of nitrogens with zero attached hydrogens (tertiary/aromatic N) is 3. The summed E-state index contributed by atoms with van der Waals surface area (Å²) in [4.78, 5) is 1.84. The van der Waals surface area contributed by atoms with E-state index in [-0.39, 0.29) is 5.82 Å². The highest BCUT2D eigenvalue weighted by Crippen LogP contribution is 2.14. The van der Waals surface area contributed by atoms with Crippen LogP contribution in [0.25, 0.3) is 0 Å². The fourth-order valence-electron chi connectivity index (χ4n) is 1.87. The number of anilines is 1. The zero-order chi connectivity index (χ0) is 15.2. The molecule has 0 atom stereocenters. The Morgan fingerprint density at radius 1 is 1.24 bits per heavy atom. The molecule has 2 rings (SSSR count). The van der Waals surface area contributed by atoms with E-state index in [2.05, 4.69) is 29.4 Å². The maximum Gasteiger partial charge on any atom is 0.318 e. The average molecular weight is 292 g/mol. The van der Waals surface area contributed by atoms with Crippen molar-refractivity contribution in [2.24, 2.45) is 5.92 Å². The first-order chi connectivity index (χ1) is 10.0. The molecule has 0 spiro atoms. The number of rotatable bonds is 7. The van der Waals surface area contributed by atoms with Gasteiger partial charge in [-0.1, -0.05) is 31.1 Å². The molecular formula is C15H21FN4O. The molecule has 1 aromatic carbocycles. The van der Waals surface area contributed by atoms with Crippen LogP contribution in [0.5, 0.6) is 0 Å². The molecule has 6 heteroatoms. The summed E-state index contributed by atoms with van der Waals surface area (Å²) in [5.41, 5.74) is 0.983. The van der Waals surface area contributed by atoms with E-state index in [4.69, 9.17) is 4.42 Å². The smallest absolute Gasteiger partial charge is 0.318 e. The molecule has 1 heterocycles. The van der Waals surface area contributed by atoms with E-state index in [9.17, 15) is 4.39 Å². The van der Waals surface area contributed by atoms with Crippen molar-refractivity contribution >= 4 is 6.01 Å². The quantitative estimate of drug-likeness (QED) is 0.850. The predicted octanol–water partition coefficient (Wildman–Crippen LogP) is 2.59. The van der Waals surface area contributed by atoms with Gasteiger partial charge in [0.2, 0.25) is 5.89 Å². The Bertz CT molecular complexity index is 553. The van der Waals surface area contributed by atoms with E-state index < -0.39 is 0 Å². The maximum atomic E-state index is 12.9. The first kappa shape index (κ1) is 15.4. The number of nitrogens with one attached hydrogen (secondary N) is 1. The van der Waals surface area contributed by atoms with Crippen LogP contribution < -0.4 is 10.2 Å². The van der Waals surface area contributed by atoms with Crippen molar-refractivity contribution in [2.45, 2.75) is 26.9 Å². The van der Waals surface area contributed by atoms with Crippen molar-refractivity contribution in [3.8, 4) is 0 Å². The maximum absolute atomic E-state index is 12.9. The van der Waals surface area contributed by atoms with Gasteiger partial charge in [-0.25, -0.2) is 4.39 Å². The van der Waals surface area contributed by atoms with Gasteiger partial charge < -0.3 is 14.6 Å². The van der Waals surface area contributed by atoms with Gasteiger partial charge in [-0.2, -0.15) is 0 Å². The van der Waals surface area contributed by atoms with Gasteiger partial charge in [-0.05, 0) is 30.2 Å². The second-order valence-corrected chi connectivity index (χ2v) is 5.49. The third-order valence-electron chi connectivity index (χ3n) is 2.94. The van der Waals surface area contributed by atoms with Crippen molar-refractivity contribution in [3.63, 3.8) is 0 Å². The monoisotopic (exact) mass is 292 g/mol. The van der Waals surface area contributed by atoms with Crippen LogP contribution in [0.2, 0.25) is 0 Å². The van der Waals surface area contributed by atoms with Crippen LogP contribution in [0.3, 0.4) is 0 Å². The molecule has 0 unspecified atom stereocenters. The van der Waals surface area contributed by atoms with Gasteiger partial charge in [0.15, 0.2) is 0 Å². The predicted molar refractivity (Wildman–Crippen MR) is 79.3 cm³/mol. The van der Waals surface area contributed by atoms with E-state index in [0.29, 0.717) is 30.9 Å². The second kappa shape index (κ2) is 7.17. The third kappa shape index (κ3) is 4.82. The number of hydrogen-bond donors (Lipinski definition) is 1. The van der Waals surface area contributed by atoms with Crippen LogP contribution >= 0.6 is 0 Å². The number of benzene rings is 1. The van der Waals surface area contributed by atoms with Crippen molar-refractivity contribution < 1.29 is 8.81 Å². The molecule has 0 saturated heterocycles. The van der Waals surface area contributed by atoms with Gasteiger partial charge in [-0.15, -0.1) is 5.10 Å². The topological polar surface area (TPSA) is 54.2 Å². The van der Waals surface area contributed by atoms with Gasteiger partial charge in [0.05, 0.1) is 6.54 Å². The molecule has 5 nitrogen and oxygen atoms in total. The van der Waals surface area contributed by atoms with E-state index in [1.807, 2.05) is 11.9 Å². The Morgan fingerprint density at radius 2 is 1.95 bits per heavy atom. The normalized spacial score (nSPS) is 11.1. The van der Waals surface area contributed by atoms with Gasteiger partial charge in [0.25, 0.3) is 0 Å². The highest BCUT2D eigenvalue weighted by molar-refractivity contribution is 5.27. The lowest BCUT2D eigenvalue weighted by molar-refractivity contribution is 0.450.